The predicted molar refractivity (Wildman–Crippen MR) is 83.6 cm³/mol. The Balaban J connectivity index is 2.13. The SMILES string of the molecule is CC(Nc1ccc(CO)cc1)c1ccc(Br)cc1Cl. The summed E-state index contributed by atoms with van der Waals surface area (Å²) >= 11 is 9.63. The second-order valence-electron chi connectivity index (χ2n) is 4.39. The highest BCUT2D eigenvalue weighted by Gasteiger charge is 2.09. The van der Waals surface area contributed by atoms with Gasteiger partial charge in [0.25, 0.3) is 0 Å². The maximum absolute atomic E-state index is 9.01. The molecule has 0 heterocycles. The number of aliphatic hydroxyl groups is 1. The fraction of sp³-hybridized carbons (Fsp3) is 0.200. The van der Waals surface area contributed by atoms with Crippen LogP contribution in [-0.4, -0.2) is 5.11 Å². The van der Waals surface area contributed by atoms with Gasteiger partial charge in [-0.1, -0.05) is 45.7 Å². The molecule has 0 fully saturated rings. The van der Waals surface area contributed by atoms with Gasteiger partial charge in [0.05, 0.1) is 6.61 Å². The Morgan fingerprint density at radius 3 is 2.47 bits per heavy atom. The molecule has 2 nitrogen and oxygen atoms in total. The van der Waals surface area contributed by atoms with E-state index in [1.165, 1.54) is 0 Å². The van der Waals surface area contributed by atoms with E-state index in [1.54, 1.807) is 0 Å². The molecule has 19 heavy (non-hydrogen) atoms. The van der Waals surface area contributed by atoms with E-state index in [0.29, 0.717) is 0 Å². The van der Waals surface area contributed by atoms with Gasteiger partial charge >= 0.3 is 0 Å². The van der Waals surface area contributed by atoms with Gasteiger partial charge in [0, 0.05) is 21.2 Å². The van der Waals surface area contributed by atoms with Gasteiger partial charge in [-0.25, -0.2) is 0 Å². The van der Waals surface area contributed by atoms with E-state index in [1.807, 2.05) is 42.5 Å². The van der Waals surface area contributed by atoms with Crippen molar-refractivity contribution >= 4 is 33.2 Å². The topological polar surface area (TPSA) is 32.3 Å². The lowest BCUT2D eigenvalue weighted by molar-refractivity contribution is 0.282. The minimum atomic E-state index is 0.0639. The monoisotopic (exact) mass is 339 g/mol. The Labute approximate surface area is 126 Å². The van der Waals surface area contributed by atoms with Crippen molar-refractivity contribution in [3.05, 3.63) is 63.1 Å². The summed E-state index contributed by atoms with van der Waals surface area (Å²) in [7, 11) is 0. The van der Waals surface area contributed by atoms with Gasteiger partial charge in [0.2, 0.25) is 0 Å². The summed E-state index contributed by atoms with van der Waals surface area (Å²) < 4.78 is 0.973. The summed E-state index contributed by atoms with van der Waals surface area (Å²) in [6, 6.07) is 13.7. The second kappa shape index (κ2) is 6.42. The highest BCUT2D eigenvalue weighted by Crippen LogP contribution is 2.28. The summed E-state index contributed by atoms with van der Waals surface area (Å²) in [6.07, 6.45) is 0. The highest BCUT2D eigenvalue weighted by atomic mass is 79.9. The molecule has 2 aromatic rings. The molecule has 100 valence electrons. The fourth-order valence-corrected chi connectivity index (χ4v) is 2.72. The number of hydrogen-bond acceptors (Lipinski definition) is 2. The molecule has 0 saturated heterocycles. The molecule has 0 aliphatic carbocycles. The van der Waals surface area contributed by atoms with Crippen molar-refractivity contribution in [1.29, 1.82) is 0 Å². The molecule has 4 heteroatoms. The molecule has 2 rings (SSSR count). The van der Waals surface area contributed by atoms with Gasteiger partial charge in [0.1, 0.15) is 0 Å². The van der Waals surface area contributed by atoms with Crippen LogP contribution in [0, 0.1) is 0 Å². The zero-order chi connectivity index (χ0) is 13.8. The zero-order valence-electron chi connectivity index (χ0n) is 10.5. The van der Waals surface area contributed by atoms with Crippen LogP contribution < -0.4 is 5.32 Å². The minimum absolute atomic E-state index is 0.0639. The normalized spacial score (nSPS) is 12.2. The van der Waals surface area contributed by atoms with Gasteiger partial charge < -0.3 is 10.4 Å². The highest BCUT2D eigenvalue weighted by molar-refractivity contribution is 9.10. The summed E-state index contributed by atoms with van der Waals surface area (Å²) in [5, 5.41) is 13.1. The van der Waals surface area contributed by atoms with Crippen LogP contribution in [0.4, 0.5) is 5.69 Å². The first kappa shape index (κ1) is 14.4. The number of aliphatic hydroxyl groups excluding tert-OH is 1. The van der Waals surface area contributed by atoms with Crippen LogP contribution in [-0.2, 0) is 6.61 Å². The lowest BCUT2D eigenvalue weighted by atomic mass is 10.1. The van der Waals surface area contributed by atoms with Crippen molar-refractivity contribution in [3.63, 3.8) is 0 Å². The first-order valence-corrected chi connectivity index (χ1v) is 7.18. The third-order valence-electron chi connectivity index (χ3n) is 2.95. The Hall–Kier alpha value is -1.03. The number of hydrogen-bond donors (Lipinski definition) is 2. The Morgan fingerprint density at radius 1 is 1.21 bits per heavy atom. The van der Waals surface area contributed by atoms with Crippen molar-refractivity contribution < 1.29 is 5.11 Å². The third-order valence-corrected chi connectivity index (χ3v) is 3.77. The predicted octanol–water partition coefficient (Wildman–Crippen LogP) is 4.77. The van der Waals surface area contributed by atoms with Crippen LogP contribution in [0.5, 0.6) is 0 Å². The minimum Gasteiger partial charge on any atom is -0.392 e. The van der Waals surface area contributed by atoms with Crippen molar-refractivity contribution in [2.45, 2.75) is 19.6 Å². The lowest BCUT2D eigenvalue weighted by Crippen LogP contribution is -2.07. The smallest absolute Gasteiger partial charge is 0.0681 e. The molecule has 0 aliphatic rings. The molecule has 0 radical (unpaired) electrons. The molecule has 1 atom stereocenters. The van der Waals surface area contributed by atoms with Gasteiger partial charge in [-0.2, -0.15) is 0 Å². The largest absolute Gasteiger partial charge is 0.392 e. The number of halogens is 2. The molecule has 0 bridgehead atoms. The van der Waals surface area contributed by atoms with Gasteiger partial charge in [-0.15, -0.1) is 0 Å². The maximum Gasteiger partial charge on any atom is 0.0681 e. The molecule has 2 N–H and O–H groups in total. The summed E-state index contributed by atoms with van der Waals surface area (Å²) in [6.45, 7) is 2.13. The maximum atomic E-state index is 9.01. The average Bonchev–Trinajstić information content (AvgIpc) is 2.39. The fourth-order valence-electron chi connectivity index (χ4n) is 1.89. The van der Waals surface area contributed by atoms with Gasteiger partial charge in [0.15, 0.2) is 0 Å². The standard InChI is InChI=1S/C15H15BrClNO/c1-10(14-7-4-12(16)8-15(14)17)18-13-5-2-11(9-19)3-6-13/h2-8,10,18-19H,9H2,1H3. The quantitative estimate of drug-likeness (QED) is 0.840. The Kier molecular flexibility index (Phi) is 4.86. The van der Waals surface area contributed by atoms with Crippen molar-refractivity contribution in [1.82, 2.24) is 0 Å². The summed E-state index contributed by atoms with van der Waals surface area (Å²) in [4.78, 5) is 0. The zero-order valence-corrected chi connectivity index (χ0v) is 12.9. The van der Waals surface area contributed by atoms with E-state index in [9.17, 15) is 0 Å². The molecule has 0 aliphatic heterocycles. The Bertz CT molecular complexity index is 557. The van der Waals surface area contributed by atoms with E-state index in [4.69, 9.17) is 16.7 Å². The first-order chi connectivity index (χ1) is 9.10. The second-order valence-corrected chi connectivity index (χ2v) is 5.71. The van der Waals surface area contributed by atoms with Crippen LogP contribution >= 0.6 is 27.5 Å². The molecule has 0 aromatic heterocycles. The third kappa shape index (κ3) is 3.72. The van der Waals surface area contributed by atoms with E-state index in [-0.39, 0.29) is 12.6 Å². The van der Waals surface area contributed by atoms with Crippen LogP contribution in [0.2, 0.25) is 5.02 Å². The number of benzene rings is 2. The van der Waals surface area contributed by atoms with E-state index in [2.05, 4.69) is 28.2 Å². The number of rotatable bonds is 4. The molecular formula is C15H15BrClNO. The van der Waals surface area contributed by atoms with Crippen molar-refractivity contribution in [2.24, 2.45) is 0 Å². The summed E-state index contributed by atoms with van der Waals surface area (Å²) in [5.41, 5.74) is 2.96. The number of nitrogens with one attached hydrogen (secondary N) is 1. The molecule has 2 aromatic carbocycles. The van der Waals surface area contributed by atoms with Crippen LogP contribution in [0.15, 0.2) is 46.9 Å². The average molecular weight is 341 g/mol. The van der Waals surface area contributed by atoms with Crippen molar-refractivity contribution in [2.75, 3.05) is 5.32 Å². The number of anilines is 1. The van der Waals surface area contributed by atoms with E-state index < -0.39 is 0 Å². The summed E-state index contributed by atoms with van der Waals surface area (Å²) in [5.74, 6) is 0. The van der Waals surface area contributed by atoms with Gasteiger partial charge in [-0.05, 0) is 42.3 Å². The van der Waals surface area contributed by atoms with Crippen LogP contribution in [0.3, 0.4) is 0 Å². The Morgan fingerprint density at radius 2 is 1.89 bits per heavy atom. The van der Waals surface area contributed by atoms with E-state index in [0.717, 1.165) is 26.3 Å². The van der Waals surface area contributed by atoms with Crippen molar-refractivity contribution in [3.8, 4) is 0 Å². The van der Waals surface area contributed by atoms with Gasteiger partial charge in [-0.3, -0.25) is 0 Å². The van der Waals surface area contributed by atoms with E-state index >= 15 is 0 Å². The molecule has 0 saturated carbocycles. The molecule has 0 amide bonds. The molecule has 0 spiro atoms. The van der Waals surface area contributed by atoms with Crippen LogP contribution in [0.25, 0.3) is 0 Å². The lowest BCUT2D eigenvalue weighted by Gasteiger charge is -2.17. The molecule has 1 unspecified atom stereocenters. The van der Waals surface area contributed by atoms with Crippen LogP contribution in [0.1, 0.15) is 24.1 Å². The molecular weight excluding hydrogens is 326 g/mol. The first-order valence-electron chi connectivity index (χ1n) is 6.01.